The van der Waals surface area contributed by atoms with E-state index < -0.39 is 0 Å². The van der Waals surface area contributed by atoms with Crippen molar-refractivity contribution in [3.63, 3.8) is 0 Å². The lowest BCUT2D eigenvalue weighted by molar-refractivity contribution is 0.0948. The van der Waals surface area contributed by atoms with Crippen molar-refractivity contribution in [3.8, 4) is 0 Å². The molecule has 1 aromatic rings. The van der Waals surface area contributed by atoms with Crippen molar-refractivity contribution in [2.75, 3.05) is 31.9 Å². The zero-order chi connectivity index (χ0) is 13.7. The normalized spacial score (nSPS) is 10.9. The molecular formula is C13H24N4O. The first-order valence-electron chi connectivity index (χ1n) is 6.46. The molecule has 1 amide bonds. The van der Waals surface area contributed by atoms with E-state index in [0.717, 1.165) is 30.9 Å². The lowest BCUT2D eigenvalue weighted by atomic mass is 10.1. The van der Waals surface area contributed by atoms with Gasteiger partial charge in [-0.1, -0.05) is 13.8 Å². The maximum atomic E-state index is 12.1. The molecule has 4 N–H and O–H groups in total. The summed E-state index contributed by atoms with van der Waals surface area (Å²) in [6.45, 7) is 11.5. The van der Waals surface area contributed by atoms with Crippen LogP contribution in [-0.2, 0) is 0 Å². The zero-order valence-electron chi connectivity index (χ0n) is 11.8. The van der Waals surface area contributed by atoms with Crippen LogP contribution in [0.25, 0.3) is 0 Å². The average molecular weight is 252 g/mol. The molecule has 0 saturated heterocycles. The molecule has 102 valence electrons. The number of aryl methyl sites for hydroxylation is 1. The fourth-order valence-electron chi connectivity index (χ4n) is 2.07. The lowest BCUT2D eigenvalue weighted by Gasteiger charge is -2.18. The number of nitrogen functional groups attached to an aromatic ring is 1. The fourth-order valence-corrected chi connectivity index (χ4v) is 2.07. The van der Waals surface area contributed by atoms with Crippen molar-refractivity contribution in [2.24, 2.45) is 0 Å². The van der Waals surface area contributed by atoms with Crippen LogP contribution in [0.2, 0.25) is 0 Å². The van der Waals surface area contributed by atoms with Crippen molar-refractivity contribution in [1.82, 2.24) is 15.2 Å². The maximum Gasteiger partial charge on any atom is 0.253 e. The third kappa shape index (κ3) is 3.26. The number of hydrogen-bond acceptors (Lipinski definition) is 3. The van der Waals surface area contributed by atoms with Gasteiger partial charge in [-0.15, -0.1) is 0 Å². The van der Waals surface area contributed by atoms with Gasteiger partial charge in [0, 0.05) is 24.3 Å². The zero-order valence-corrected chi connectivity index (χ0v) is 11.8. The Hall–Kier alpha value is -1.49. The molecule has 18 heavy (non-hydrogen) atoms. The second kappa shape index (κ2) is 6.44. The molecule has 0 aliphatic heterocycles. The quantitative estimate of drug-likeness (QED) is 0.714. The maximum absolute atomic E-state index is 12.1. The van der Waals surface area contributed by atoms with E-state index >= 15 is 0 Å². The number of likely N-dealkylation sites (N-methyl/N-ethyl adjacent to an activating group) is 1. The topological polar surface area (TPSA) is 74.2 Å². The van der Waals surface area contributed by atoms with Crippen molar-refractivity contribution in [3.05, 3.63) is 16.8 Å². The Kier molecular flexibility index (Phi) is 5.22. The Morgan fingerprint density at radius 1 is 1.33 bits per heavy atom. The molecule has 5 heteroatoms. The van der Waals surface area contributed by atoms with Crippen molar-refractivity contribution in [1.29, 1.82) is 0 Å². The van der Waals surface area contributed by atoms with E-state index in [1.54, 1.807) is 0 Å². The molecule has 0 atom stereocenters. The Morgan fingerprint density at radius 3 is 2.39 bits per heavy atom. The van der Waals surface area contributed by atoms with Gasteiger partial charge < -0.3 is 20.9 Å². The van der Waals surface area contributed by atoms with Crippen LogP contribution in [0.1, 0.15) is 35.5 Å². The number of hydrogen-bond donors (Lipinski definition) is 3. The number of aromatic nitrogens is 1. The number of nitrogens with zero attached hydrogens (tertiary/aromatic N) is 1. The highest BCUT2D eigenvalue weighted by atomic mass is 16.1. The molecule has 0 unspecified atom stereocenters. The fraction of sp³-hybridized carbons (Fsp3) is 0.615. The van der Waals surface area contributed by atoms with Crippen LogP contribution < -0.4 is 11.1 Å². The van der Waals surface area contributed by atoms with Crippen LogP contribution in [0.15, 0.2) is 0 Å². The minimum Gasteiger partial charge on any atom is -0.385 e. The van der Waals surface area contributed by atoms with Crippen LogP contribution in [-0.4, -0.2) is 42.0 Å². The Balaban J connectivity index is 2.56. The van der Waals surface area contributed by atoms with Crippen molar-refractivity contribution in [2.45, 2.75) is 27.7 Å². The highest BCUT2D eigenvalue weighted by Crippen LogP contribution is 2.18. The first-order chi connectivity index (χ1) is 8.51. The van der Waals surface area contributed by atoms with E-state index in [-0.39, 0.29) is 5.91 Å². The van der Waals surface area contributed by atoms with Gasteiger partial charge in [-0.2, -0.15) is 0 Å². The third-order valence-electron chi connectivity index (χ3n) is 3.31. The highest BCUT2D eigenvalue weighted by Gasteiger charge is 2.16. The van der Waals surface area contributed by atoms with Crippen LogP contribution in [0.3, 0.4) is 0 Å². The number of aromatic amines is 1. The molecule has 1 aromatic heterocycles. The van der Waals surface area contributed by atoms with Crippen LogP contribution in [0.4, 0.5) is 5.82 Å². The van der Waals surface area contributed by atoms with Gasteiger partial charge in [-0.05, 0) is 26.9 Å². The molecule has 0 radical (unpaired) electrons. The SMILES string of the molecule is CCN(CC)CCNC(=O)c1c(C)[nH]c(N)c1C. The summed E-state index contributed by atoms with van der Waals surface area (Å²) in [4.78, 5) is 17.3. The van der Waals surface area contributed by atoms with Crippen LogP contribution >= 0.6 is 0 Å². The van der Waals surface area contributed by atoms with E-state index in [0.29, 0.717) is 17.9 Å². The minimum absolute atomic E-state index is 0.0508. The van der Waals surface area contributed by atoms with Gasteiger partial charge in [0.1, 0.15) is 5.82 Å². The summed E-state index contributed by atoms with van der Waals surface area (Å²) in [5.41, 5.74) is 8.08. The monoisotopic (exact) mass is 252 g/mol. The number of anilines is 1. The summed E-state index contributed by atoms with van der Waals surface area (Å²) in [5.74, 6) is 0.520. The van der Waals surface area contributed by atoms with Gasteiger partial charge in [0.2, 0.25) is 0 Å². The molecule has 0 saturated carbocycles. The molecular weight excluding hydrogens is 228 g/mol. The van der Waals surface area contributed by atoms with Gasteiger partial charge in [0.25, 0.3) is 5.91 Å². The predicted octanol–water partition coefficient (Wildman–Crippen LogP) is 1.29. The molecule has 0 fully saturated rings. The smallest absolute Gasteiger partial charge is 0.253 e. The molecule has 5 nitrogen and oxygen atoms in total. The van der Waals surface area contributed by atoms with Gasteiger partial charge in [-0.3, -0.25) is 4.79 Å². The van der Waals surface area contributed by atoms with E-state index in [1.165, 1.54) is 0 Å². The number of nitrogens with one attached hydrogen (secondary N) is 2. The van der Waals surface area contributed by atoms with Crippen LogP contribution in [0.5, 0.6) is 0 Å². The molecule has 0 aliphatic rings. The number of nitrogens with two attached hydrogens (primary N) is 1. The van der Waals surface area contributed by atoms with E-state index in [1.807, 2.05) is 13.8 Å². The first-order valence-corrected chi connectivity index (χ1v) is 6.46. The van der Waals surface area contributed by atoms with Crippen molar-refractivity contribution >= 4 is 11.7 Å². The number of amides is 1. The Morgan fingerprint density at radius 2 is 1.94 bits per heavy atom. The molecule has 0 aliphatic carbocycles. The van der Waals surface area contributed by atoms with Crippen LogP contribution in [0, 0.1) is 13.8 Å². The lowest BCUT2D eigenvalue weighted by Crippen LogP contribution is -2.35. The summed E-state index contributed by atoms with van der Waals surface area (Å²) >= 11 is 0. The van der Waals surface area contributed by atoms with Gasteiger partial charge in [0.05, 0.1) is 5.56 Å². The van der Waals surface area contributed by atoms with Gasteiger partial charge in [-0.25, -0.2) is 0 Å². The molecule has 0 bridgehead atoms. The van der Waals surface area contributed by atoms with Gasteiger partial charge in [0.15, 0.2) is 0 Å². The van der Waals surface area contributed by atoms with Crippen molar-refractivity contribution < 1.29 is 4.79 Å². The standard InChI is InChI=1S/C13H24N4O/c1-5-17(6-2)8-7-15-13(18)11-9(3)12(14)16-10(11)4/h16H,5-8,14H2,1-4H3,(H,15,18). The molecule has 1 heterocycles. The summed E-state index contributed by atoms with van der Waals surface area (Å²) in [7, 11) is 0. The summed E-state index contributed by atoms with van der Waals surface area (Å²) in [5, 5.41) is 2.94. The Bertz CT molecular complexity index is 407. The third-order valence-corrected chi connectivity index (χ3v) is 3.31. The second-order valence-corrected chi connectivity index (χ2v) is 4.45. The number of carbonyl (C=O) groups is 1. The number of rotatable bonds is 6. The minimum atomic E-state index is -0.0508. The largest absolute Gasteiger partial charge is 0.385 e. The summed E-state index contributed by atoms with van der Waals surface area (Å²) < 4.78 is 0. The average Bonchev–Trinajstić information content (AvgIpc) is 2.59. The Labute approximate surface area is 109 Å². The van der Waals surface area contributed by atoms with E-state index in [4.69, 9.17) is 5.73 Å². The molecule has 0 aromatic carbocycles. The van der Waals surface area contributed by atoms with Gasteiger partial charge >= 0.3 is 0 Å². The highest BCUT2D eigenvalue weighted by molar-refractivity contribution is 5.98. The summed E-state index contributed by atoms with van der Waals surface area (Å²) in [6, 6.07) is 0. The first kappa shape index (κ1) is 14.6. The second-order valence-electron chi connectivity index (χ2n) is 4.45. The molecule has 0 spiro atoms. The predicted molar refractivity (Wildman–Crippen MR) is 74.8 cm³/mol. The molecule has 1 rings (SSSR count). The number of H-pyrrole nitrogens is 1. The number of carbonyl (C=O) groups excluding carboxylic acids is 1. The van der Waals surface area contributed by atoms with E-state index in [9.17, 15) is 4.79 Å². The van der Waals surface area contributed by atoms with E-state index in [2.05, 4.69) is 29.0 Å². The summed E-state index contributed by atoms with van der Waals surface area (Å²) in [6.07, 6.45) is 0.